The van der Waals surface area contributed by atoms with E-state index in [0.717, 1.165) is 11.8 Å². The molecule has 1 heterocycles. The van der Waals surface area contributed by atoms with E-state index in [1.807, 2.05) is 6.07 Å². The van der Waals surface area contributed by atoms with Crippen LogP contribution in [0.3, 0.4) is 0 Å². The lowest BCUT2D eigenvalue weighted by Gasteiger charge is -2.23. The Morgan fingerprint density at radius 1 is 1.13 bits per heavy atom. The van der Waals surface area contributed by atoms with Crippen molar-refractivity contribution in [2.75, 3.05) is 12.3 Å². The van der Waals surface area contributed by atoms with Crippen LogP contribution in [0.15, 0.2) is 58.2 Å². The summed E-state index contributed by atoms with van der Waals surface area (Å²) in [4.78, 5) is 13.2. The van der Waals surface area contributed by atoms with Gasteiger partial charge in [-0.2, -0.15) is 18.4 Å². The van der Waals surface area contributed by atoms with Crippen molar-refractivity contribution in [1.29, 1.82) is 5.26 Å². The molecule has 0 unspecified atom stereocenters. The van der Waals surface area contributed by atoms with E-state index in [4.69, 9.17) is 21.3 Å². The Kier molecular flexibility index (Phi) is 7.20. The maximum absolute atomic E-state index is 13.0. The van der Waals surface area contributed by atoms with Crippen LogP contribution in [0.4, 0.5) is 13.2 Å². The van der Waals surface area contributed by atoms with Crippen molar-refractivity contribution < 1.29 is 22.4 Å². The largest absolute Gasteiger partial charge is 0.411 e. The molecule has 6 nitrogen and oxygen atoms in total. The third-order valence-electron chi connectivity index (χ3n) is 4.00. The summed E-state index contributed by atoms with van der Waals surface area (Å²) < 4.78 is 44.4. The van der Waals surface area contributed by atoms with Gasteiger partial charge in [-0.25, -0.2) is 0 Å². The molecule has 11 heteroatoms. The van der Waals surface area contributed by atoms with Crippen LogP contribution in [0.2, 0.25) is 5.02 Å². The van der Waals surface area contributed by atoms with Gasteiger partial charge in [-0.1, -0.05) is 35.5 Å². The van der Waals surface area contributed by atoms with E-state index < -0.39 is 18.6 Å². The number of amides is 1. The maximum Gasteiger partial charge on any atom is 0.406 e. The highest BCUT2D eigenvalue weighted by atomic mass is 35.5. The van der Waals surface area contributed by atoms with E-state index in [1.165, 1.54) is 24.3 Å². The molecule has 0 atom stereocenters. The Hall–Kier alpha value is -3.03. The van der Waals surface area contributed by atoms with Crippen molar-refractivity contribution >= 4 is 29.3 Å². The third kappa shape index (κ3) is 6.73. The number of nitriles is 1. The van der Waals surface area contributed by atoms with Crippen LogP contribution in [0.1, 0.15) is 11.1 Å². The van der Waals surface area contributed by atoms with Gasteiger partial charge in [-0.3, -0.25) is 4.79 Å². The highest BCUT2D eigenvalue weighted by Crippen LogP contribution is 2.25. The Balaban J connectivity index is 1.65. The van der Waals surface area contributed by atoms with Gasteiger partial charge in [0.25, 0.3) is 5.22 Å². The molecule has 1 aromatic heterocycles. The molecule has 0 N–H and O–H groups in total. The summed E-state index contributed by atoms with van der Waals surface area (Å²) in [5, 5.41) is 17.1. The first-order chi connectivity index (χ1) is 14.7. The lowest BCUT2D eigenvalue weighted by molar-refractivity contribution is -0.160. The molecule has 0 saturated heterocycles. The van der Waals surface area contributed by atoms with Gasteiger partial charge in [0.1, 0.15) is 6.54 Å². The second-order valence-corrected chi connectivity index (χ2v) is 7.71. The summed E-state index contributed by atoms with van der Waals surface area (Å²) in [7, 11) is 0. The highest BCUT2D eigenvalue weighted by molar-refractivity contribution is 7.99. The zero-order valence-electron chi connectivity index (χ0n) is 15.8. The minimum Gasteiger partial charge on any atom is -0.411 e. The van der Waals surface area contributed by atoms with Crippen LogP contribution in [0.5, 0.6) is 0 Å². The topological polar surface area (TPSA) is 83.0 Å². The standard InChI is InChI=1S/C20H14ClF3N4O2S/c21-16-7-5-15(6-8-16)18-26-27-19(30-18)31-11-17(29)28(12-20(22,23)24)10-14-3-1-13(9-25)2-4-14/h1-8H,10-12H2. The molecule has 0 radical (unpaired) electrons. The Labute approximate surface area is 184 Å². The van der Waals surface area contributed by atoms with Crippen LogP contribution in [0.25, 0.3) is 11.5 Å². The summed E-state index contributed by atoms with van der Waals surface area (Å²) in [6, 6.07) is 14.6. The Morgan fingerprint density at radius 2 is 1.81 bits per heavy atom. The molecule has 0 aliphatic heterocycles. The van der Waals surface area contributed by atoms with Gasteiger partial charge in [-0.05, 0) is 42.0 Å². The zero-order valence-corrected chi connectivity index (χ0v) is 17.3. The first kappa shape index (κ1) is 22.7. The molecule has 0 aliphatic carbocycles. The fourth-order valence-electron chi connectivity index (χ4n) is 2.55. The van der Waals surface area contributed by atoms with E-state index in [-0.39, 0.29) is 23.4 Å². The van der Waals surface area contributed by atoms with Crippen LogP contribution in [0, 0.1) is 11.3 Å². The molecule has 0 saturated carbocycles. The molecule has 0 spiro atoms. The van der Waals surface area contributed by atoms with Gasteiger partial charge in [0, 0.05) is 17.1 Å². The molecule has 0 bridgehead atoms. The van der Waals surface area contributed by atoms with Gasteiger partial charge >= 0.3 is 6.18 Å². The summed E-state index contributed by atoms with van der Waals surface area (Å²) in [5.74, 6) is -0.844. The van der Waals surface area contributed by atoms with Crippen molar-refractivity contribution in [1.82, 2.24) is 15.1 Å². The number of carbonyl (C=O) groups excluding carboxylic acids is 1. The number of hydrogen-bond donors (Lipinski definition) is 0. The molecule has 31 heavy (non-hydrogen) atoms. The van der Waals surface area contributed by atoms with E-state index in [1.54, 1.807) is 24.3 Å². The average Bonchev–Trinajstić information content (AvgIpc) is 3.20. The molecule has 0 aliphatic rings. The number of alkyl halides is 3. The summed E-state index contributed by atoms with van der Waals surface area (Å²) in [5.41, 5.74) is 1.47. The van der Waals surface area contributed by atoms with Gasteiger partial charge in [-0.15, -0.1) is 10.2 Å². The first-order valence-electron chi connectivity index (χ1n) is 8.79. The molecule has 3 rings (SSSR count). The number of aromatic nitrogens is 2. The fourth-order valence-corrected chi connectivity index (χ4v) is 3.34. The van der Waals surface area contributed by atoms with Crippen molar-refractivity contribution in [3.63, 3.8) is 0 Å². The van der Waals surface area contributed by atoms with Crippen LogP contribution in [-0.2, 0) is 11.3 Å². The van der Waals surface area contributed by atoms with Crippen molar-refractivity contribution in [2.45, 2.75) is 17.9 Å². The van der Waals surface area contributed by atoms with Crippen LogP contribution in [-0.4, -0.2) is 39.5 Å². The van der Waals surface area contributed by atoms with E-state index in [9.17, 15) is 18.0 Å². The minimum absolute atomic E-state index is 0.0589. The predicted octanol–water partition coefficient (Wildman–Crippen LogP) is 4.94. The average molecular weight is 467 g/mol. The second-order valence-electron chi connectivity index (χ2n) is 6.34. The molecular formula is C20H14ClF3N4O2S. The number of benzene rings is 2. The monoisotopic (exact) mass is 466 g/mol. The third-order valence-corrected chi connectivity index (χ3v) is 5.05. The highest BCUT2D eigenvalue weighted by Gasteiger charge is 2.33. The molecule has 3 aromatic rings. The lowest BCUT2D eigenvalue weighted by Crippen LogP contribution is -2.39. The number of nitrogens with zero attached hydrogens (tertiary/aromatic N) is 4. The van der Waals surface area contributed by atoms with Crippen LogP contribution < -0.4 is 0 Å². The normalized spacial score (nSPS) is 11.2. The van der Waals surface area contributed by atoms with E-state index in [0.29, 0.717) is 26.6 Å². The Bertz CT molecular complexity index is 1080. The van der Waals surface area contributed by atoms with Gasteiger partial charge in [0.15, 0.2) is 0 Å². The van der Waals surface area contributed by atoms with Crippen molar-refractivity contribution in [3.8, 4) is 17.5 Å². The zero-order chi connectivity index (χ0) is 22.4. The SMILES string of the molecule is N#Cc1ccc(CN(CC(F)(F)F)C(=O)CSc2nnc(-c3ccc(Cl)cc3)o2)cc1. The second kappa shape index (κ2) is 9.85. The summed E-state index contributed by atoms with van der Waals surface area (Å²) >= 11 is 6.68. The minimum atomic E-state index is -4.56. The predicted molar refractivity (Wildman–Crippen MR) is 108 cm³/mol. The number of carbonyl (C=O) groups is 1. The maximum atomic E-state index is 13.0. The van der Waals surface area contributed by atoms with Crippen molar-refractivity contribution in [3.05, 3.63) is 64.7 Å². The number of halogens is 4. The molecule has 0 fully saturated rings. The summed E-state index contributed by atoms with van der Waals surface area (Å²) in [6.45, 7) is -1.64. The Morgan fingerprint density at radius 3 is 2.42 bits per heavy atom. The molecule has 160 valence electrons. The lowest BCUT2D eigenvalue weighted by atomic mass is 10.1. The first-order valence-corrected chi connectivity index (χ1v) is 10.2. The molecule has 2 aromatic carbocycles. The molecule has 1 amide bonds. The van der Waals surface area contributed by atoms with Gasteiger partial charge < -0.3 is 9.32 Å². The quantitative estimate of drug-likeness (QED) is 0.458. The fraction of sp³-hybridized carbons (Fsp3) is 0.200. The number of thioether (sulfide) groups is 1. The van der Waals surface area contributed by atoms with Crippen molar-refractivity contribution in [2.24, 2.45) is 0 Å². The van der Waals surface area contributed by atoms with E-state index in [2.05, 4.69) is 10.2 Å². The smallest absolute Gasteiger partial charge is 0.406 e. The van der Waals surface area contributed by atoms with Gasteiger partial charge in [0.2, 0.25) is 11.8 Å². The van der Waals surface area contributed by atoms with Gasteiger partial charge in [0.05, 0.1) is 17.4 Å². The number of rotatable bonds is 7. The number of hydrogen-bond acceptors (Lipinski definition) is 6. The summed E-state index contributed by atoms with van der Waals surface area (Å²) in [6.07, 6.45) is -4.56. The van der Waals surface area contributed by atoms with E-state index >= 15 is 0 Å². The van der Waals surface area contributed by atoms with Crippen LogP contribution >= 0.6 is 23.4 Å². The molecular weight excluding hydrogens is 453 g/mol.